The quantitative estimate of drug-likeness (QED) is 0.555. The molecule has 66 valence electrons. The van der Waals surface area contributed by atoms with Crippen molar-refractivity contribution in [1.82, 2.24) is 4.90 Å². The fourth-order valence-corrected chi connectivity index (χ4v) is 2.44. The standard InChI is InChI=1S/C10H16N2/c1-10(9-4-5-9)6-2-3-7-12(10)8-11/h9H,2-7H2,1H3. The van der Waals surface area contributed by atoms with Gasteiger partial charge in [0.15, 0.2) is 6.19 Å². The minimum atomic E-state index is 0.229. The summed E-state index contributed by atoms with van der Waals surface area (Å²) in [7, 11) is 0. The van der Waals surface area contributed by atoms with Gasteiger partial charge < -0.3 is 4.90 Å². The molecule has 2 fully saturated rings. The maximum atomic E-state index is 8.98. The Morgan fingerprint density at radius 3 is 2.75 bits per heavy atom. The highest BCUT2D eigenvalue weighted by Crippen LogP contribution is 2.47. The maximum Gasteiger partial charge on any atom is 0.179 e. The molecule has 0 aromatic heterocycles. The first-order valence-electron chi connectivity index (χ1n) is 4.95. The molecule has 2 heteroatoms. The first kappa shape index (κ1) is 7.91. The molecule has 1 heterocycles. The average Bonchev–Trinajstić information content (AvgIpc) is 2.87. The number of nitrogens with zero attached hydrogens (tertiary/aromatic N) is 2. The SMILES string of the molecule is CC1(C2CC2)CCCCN1C#N. The van der Waals surface area contributed by atoms with Gasteiger partial charge in [0.25, 0.3) is 0 Å². The van der Waals surface area contributed by atoms with Gasteiger partial charge in [0.2, 0.25) is 0 Å². The summed E-state index contributed by atoms with van der Waals surface area (Å²) in [5.74, 6) is 0.817. The van der Waals surface area contributed by atoms with Crippen molar-refractivity contribution in [2.24, 2.45) is 5.92 Å². The van der Waals surface area contributed by atoms with Crippen molar-refractivity contribution in [2.45, 2.75) is 44.6 Å². The van der Waals surface area contributed by atoms with Crippen LogP contribution in [-0.2, 0) is 0 Å². The van der Waals surface area contributed by atoms with Crippen LogP contribution in [0.4, 0.5) is 0 Å². The maximum absolute atomic E-state index is 8.98. The summed E-state index contributed by atoms with van der Waals surface area (Å²) in [6, 6.07) is 0. The predicted octanol–water partition coefficient (Wildman–Crippen LogP) is 2.12. The lowest BCUT2D eigenvalue weighted by Crippen LogP contribution is -2.48. The number of hydrogen-bond donors (Lipinski definition) is 0. The Bertz CT molecular complexity index is 214. The van der Waals surface area contributed by atoms with Gasteiger partial charge in [0.05, 0.1) is 0 Å². The zero-order valence-corrected chi connectivity index (χ0v) is 7.71. The van der Waals surface area contributed by atoms with E-state index in [1.807, 2.05) is 4.90 Å². The Kier molecular flexibility index (Phi) is 1.75. The molecule has 0 spiro atoms. The fourth-order valence-electron chi connectivity index (χ4n) is 2.44. The van der Waals surface area contributed by atoms with Gasteiger partial charge in [0.1, 0.15) is 0 Å². The van der Waals surface area contributed by atoms with Crippen molar-refractivity contribution in [3.63, 3.8) is 0 Å². The molecule has 0 N–H and O–H groups in total. The van der Waals surface area contributed by atoms with E-state index in [4.69, 9.17) is 5.26 Å². The van der Waals surface area contributed by atoms with Crippen molar-refractivity contribution in [2.75, 3.05) is 6.54 Å². The third-order valence-corrected chi connectivity index (χ3v) is 3.51. The van der Waals surface area contributed by atoms with E-state index in [9.17, 15) is 0 Å². The first-order valence-corrected chi connectivity index (χ1v) is 4.95. The van der Waals surface area contributed by atoms with Crippen LogP contribution in [0.2, 0.25) is 0 Å². The van der Waals surface area contributed by atoms with Crippen molar-refractivity contribution >= 4 is 0 Å². The van der Waals surface area contributed by atoms with Crippen LogP contribution in [0.3, 0.4) is 0 Å². The summed E-state index contributed by atoms with van der Waals surface area (Å²) in [5, 5.41) is 8.98. The molecule has 1 atom stereocenters. The van der Waals surface area contributed by atoms with E-state index in [-0.39, 0.29) is 5.54 Å². The lowest BCUT2D eigenvalue weighted by molar-refractivity contribution is 0.0992. The monoisotopic (exact) mass is 164 g/mol. The van der Waals surface area contributed by atoms with Gasteiger partial charge in [-0.25, -0.2) is 0 Å². The molecule has 0 aromatic rings. The van der Waals surface area contributed by atoms with E-state index in [0.29, 0.717) is 0 Å². The summed E-state index contributed by atoms with van der Waals surface area (Å²) >= 11 is 0. The Hall–Kier alpha value is -0.710. The fraction of sp³-hybridized carbons (Fsp3) is 0.900. The molecule has 2 aliphatic rings. The molecule has 2 rings (SSSR count). The number of rotatable bonds is 1. The summed E-state index contributed by atoms with van der Waals surface area (Å²) in [5.41, 5.74) is 0.229. The minimum Gasteiger partial charge on any atom is -0.305 e. The van der Waals surface area contributed by atoms with Gasteiger partial charge in [-0.3, -0.25) is 0 Å². The largest absolute Gasteiger partial charge is 0.305 e. The molecule has 0 amide bonds. The third kappa shape index (κ3) is 1.08. The van der Waals surface area contributed by atoms with Crippen molar-refractivity contribution < 1.29 is 0 Å². The van der Waals surface area contributed by atoms with E-state index < -0.39 is 0 Å². The normalized spacial score (nSPS) is 36.2. The van der Waals surface area contributed by atoms with Crippen LogP contribution in [0, 0.1) is 17.4 Å². The summed E-state index contributed by atoms with van der Waals surface area (Å²) < 4.78 is 0. The second-order valence-electron chi connectivity index (χ2n) is 4.34. The molecule has 1 saturated heterocycles. The Morgan fingerprint density at radius 2 is 2.17 bits per heavy atom. The van der Waals surface area contributed by atoms with Crippen molar-refractivity contribution in [1.29, 1.82) is 5.26 Å². The molecule has 12 heavy (non-hydrogen) atoms. The molecular weight excluding hydrogens is 148 g/mol. The smallest absolute Gasteiger partial charge is 0.179 e. The molecule has 0 aromatic carbocycles. The second-order valence-corrected chi connectivity index (χ2v) is 4.34. The number of nitriles is 1. The summed E-state index contributed by atoms with van der Waals surface area (Å²) in [6.07, 6.45) is 8.78. The topological polar surface area (TPSA) is 27.0 Å². The van der Waals surface area contributed by atoms with Crippen LogP contribution < -0.4 is 0 Å². The number of likely N-dealkylation sites (tertiary alicyclic amines) is 1. The van der Waals surface area contributed by atoms with Crippen LogP contribution >= 0.6 is 0 Å². The van der Waals surface area contributed by atoms with Gasteiger partial charge in [-0.1, -0.05) is 0 Å². The van der Waals surface area contributed by atoms with Crippen LogP contribution in [0.1, 0.15) is 39.0 Å². The highest BCUT2D eigenvalue weighted by Gasteiger charge is 2.46. The minimum absolute atomic E-state index is 0.229. The lowest BCUT2D eigenvalue weighted by Gasteiger charge is -2.42. The molecular formula is C10H16N2. The molecule has 1 saturated carbocycles. The average molecular weight is 164 g/mol. The van der Waals surface area contributed by atoms with Crippen LogP contribution in [0.15, 0.2) is 0 Å². The number of hydrogen-bond acceptors (Lipinski definition) is 2. The van der Waals surface area contributed by atoms with Gasteiger partial charge in [-0.2, -0.15) is 5.26 Å². The van der Waals surface area contributed by atoms with Crippen LogP contribution in [0.25, 0.3) is 0 Å². The van der Waals surface area contributed by atoms with E-state index in [2.05, 4.69) is 13.1 Å². The lowest BCUT2D eigenvalue weighted by atomic mass is 9.84. The van der Waals surface area contributed by atoms with Crippen LogP contribution in [-0.4, -0.2) is 17.0 Å². The van der Waals surface area contributed by atoms with Crippen molar-refractivity contribution in [3.8, 4) is 6.19 Å². The van der Waals surface area contributed by atoms with Gasteiger partial charge in [-0.05, 0) is 44.9 Å². The van der Waals surface area contributed by atoms with Gasteiger partial charge in [-0.15, -0.1) is 0 Å². The zero-order chi connectivity index (χ0) is 8.60. The zero-order valence-electron chi connectivity index (χ0n) is 7.71. The van der Waals surface area contributed by atoms with Crippen molar-refractivity contribution in [3.05, 3.63) is 0 Å². The summed E-state index contributed by atoms with van der Waals surface area (Å²) in [6.45, 7) is 3.26. The molecule has 1 unspecified atom stereocenters. The molecule has 0 bridgehead atoms. The Labute approximate surface area is 74.2 Å². The molecule has 0 radical (unpaired) electrons. The van der Waals surface area contributed by atoms with Crippen LogP contribution in [0.5, 0.6) is 0 Å². The van der Waals surface area contributed by atoms with Gasteiger partial charge >= 0.3 is 0 Å². The van der Waals surface area contributed by atoms with E-state index in [1.165, 1.54) is 32.1 Å². The van der Waals surface area contributed by atoms with E-state index in [0.717, 1.165) is 12.5 Å². The number of piperidine rings is 1. The first-order chi connectivity index (χ1) is 5.77. The Morgan fingerprint density at radius 1 is 1.42 bits per heavy atom. The Balaban J connectivity index is 2.13. The second kappa shape index (κ2) is 2.65. The molecule has 1 aliphatic carbocycles. The molecule has 2 nitrogen and oxygen atoms in total. The van der Waals surface area contributed by atoms with E-state index >= 15 is 0 Å². The summed E-state index contributed by atoms with van der Waals surface area (Å²) in [4.78, 5) is 2.02. The molecule has 1 aliphatic heterocycles. The highest BCUT2D eigenvalue weighted by atomic mass is 15.2. The van der Waals surface area contributed by atoms with Gasteiger partial charge in [0, 0.05) is 12.1 Å². The van der Waals surface area contributed by atoms with E-state index in [1.54, 1.807) is 0 Å². The highest BCUT2D eigenvalue weighted by molar-refractivity contribution is 5.04. The predicted molar refractivity (Wildman–Crippen MR) is 47.3 cm³/mol. The third-order valence-electron chi connectivity index (χ3n) is 3.51.